The van der Waals surface area contributed by atoms with E-state index < -0.39 is 0 Å². The van der Waals surface area contributed by atoms with Crippen LogP contribution in [0.5, 0.6) is 0 Å². The van der Waals surface area contributed by atoms with Crippen LogP contribution in [0.4, 0.5) is 0 Å². The Morgan fingerprint density at radius 1 is 1.38 bits per heavy atom. The maximum Gasteiger partial charge on any atom is 0.0760 e. The van der Waals surface area contributed by atoms with Gasteiger partial charge in [-0.2, -0.15) is 0 Å². The first-order valence-electron chi connectivity index (χ1n) is 5.65. The summed E-state index contributed by atoms with van der Waals surface area (Å²) in [5.41, 5.74) is 2.39. The molecule has 0 amide bonds. The molecule has 1 heteroatoms. The third-order valence-electron chi connectivity index (χ3n) is 2.37. The van der Waals surface area contributed by atoms with Gasteiger partial charge in [0, 0.05) is 0 Å². The van der Waals surface area contributed by atoms with E-state index in [1.54, 1.807) is 0 Å². The number of hydrogen-bond donors (Lipinski definition) is 0. The van der Waals surface area contributed by atoms with Crippen LogP contribution in [0, 0.1) is 0 Å². The summed E-state index contributed by atoms with van der Waals surface area (Å²) < 4.78 is 5.66. The Morgan fingerprint density at radius 2 is 2.06 bits per heavy atom. The minimum atomic E-state index is 0.122. The van der Waals surface area contributed by atoms with Gasteiger partial charge in [0.1, 0.15) is 0 Å². The normalized spacial score (nSPS) is 12.1. The highest BCUT2D eigenvalue weighted by atomic mass is 16.5. The van der Waals surface area contributed by atoms with E-state index >= 15 is 0 Å². The van der Waals surface area contributed by atoms with Gasteiger partial charge in [-0.15, -0.1) is 6.58 Å². The van der Waals surface area contributed by atoms with E-state index in [1.807, 2.05) is 19.1 Å². The number of ether oxygens (including phenoxy) is 1. The van der Waals surface area contributed by atoms with Gasteiger partial charge < -0.3 is 4.74 Å². The first-order chi connectivity index (χ1) is 7.72. The molecule has 0 saturated heterocycles. The molecule has 0 aromatic heterocycles. The van der Waals surface area contributed by atoms with Gasteiger partial charge in [0.15, 0.2) is 0 Å². The predicted molar refractivity (Wildman–Crippen MR) is 69.5 cm³/mol. The van der Waals surface area contributed by atoms with Crippen LogP contribution in [0.15, 0.2) is 55.1 Å². The molecule has 1 rings (SSSR count). The van der Waals surface area contributed by atoms with Crippen LogP contribution >= 0.6 is 0 Å². The van der Waals surface area contributed by atoms with Crippen LogP contribution in [0.25, 0.3) is 0 Å². The molecule has 0 radical (unpaired) electrons. The van der Waals surface area contributed by atoms with E-state index in [9.17, 15) is 0 Å². The van der Waals surface area contributed by atoms with Gasteiger partial charge in [-0.3, -0.25) is 0 Å². The van der Waals surface area contributed by atoms with Crippen LogP contribution in [0.2, 0.25) is 0 Å². The van der Waals surface area contributed by atoms with Crippen LogP contribution < -0.4 is 0 Å². The van der Waals surface area contributed by atoms with Crippen molar-refractivity contribution in [2.75, 3.05) is 6.61 Å². The Balaban J connectivity index is 2.34. The summed E-state index contributed by atoms with van der Waals surface area (Å²) in [5, 5.41) is 0. The molecule has 1 atom stereocenters. The lowest BCUT2D eigenvalue weighted by Gasteiger charge is -2.13. The molecular weight excluding hydrogens is 196 g/mol. The van der Waals surface area contributed by atoms with E-state index in [0.29, 0.717) is 6.61 Å². The van der Waals surface area contributed by atoms with Crippen molar-refractivity contribution in [1.29, 1.82) is 0 Å². The maximum absolute atomic E-state index is 5.66. The Hall–Kier alpha value is -1.34. The topological polar surface area (TPSA) is 9.23 Å². The van der Waals surface area contributed by atoms with Crippen LogP contribution in [-0.4, -0.2) is 12.7 Å². The highest BCUT2D eigenvalue weighted by Crippen LogP contribution is 2.09. The third kappa shape index (κ3) is 4.94. The predicted octanol–water partition coefficient (Wildman–Crippen LogP) is 3.77. The molecule has 0 N–H and O–H groups in total. The van der Waals surface area contributed by atoms with E-state index in [2.05, 4.69) is 37.4 Å². The summed E-state index contributed by atoms with van der Waals surface area (Å²) >= 11 is 0. The van der Waals surface area contributed by atoms with E-state index in [1.165, 1.54) is 5.56 Å². The van der Waals surface area contributed by atoms with Crippen molar-refractivity contribution in [1.82, 2.24) is 0 Å². The Morgan fingerprint density at radius 3 is 2.62 bits per heavy atom. The van der Waals surface area contributed by atoms with Crippen molar-refractivity contribution in [3.05, 3.63) is 60.7 Å². The van der Waals surface area contributed by atoms with E-state index in [-0.39, 0.29) is 6.10 Å². The SMILES string of the molecule is C=CC(CCc1ccccc1)OCC(=C)C. The van der Waals surface area contributed by atoms with E-state index in [4.69, 9.17) is 4.74 Å². The summed E-state index contributed by atoms with van der Waals surface area (Å²) in [5.74, 6) is 0. The Bertz CT molecular complexity index is 327. The molecule has 1 aromatic rings. The lowest BCUT2D eigenvalue weighted by molar-refractivity contribution is 0.0983. The fraction of sp³-hybridized carbons (Fsp3) is 0.333. The minimum absolute atomic E-state index is 0.122. The molecule has 1 unspecified atom stereocenters. The summed E-state index contributed by atoms with van der Waals surface area (Å²) in [4.78, 5) is 0. The average molecular weight is 216 g/mol. The quantitative estimate of drug-likeness (QED) is 0.630. The second-order valence-electron chi connectivity index (χ2n) is 4.07. The molecule has 0 fully saturated rings. The Kier molecular flexibility index (Phi) is 5.58. The average Bonchev–Trinajstić information content (AvgIpc) is 2.30. The highest BCUT2D eigenvalue weighted by molar-refractivity contribution is 5.14. The van der Waals surface area contributed by atoms with Crippen molar-refractivity contribution >= 4 is 0 Å². The molecule has 0 aliphatic rings. The molecule has 86 valence electrons. The first-order valence-corrected chi connectivity index (χ1v) is 5.65. The first kappa shape index (κ1) is 12.7. The number of benzene rings is 1. The summed E-state index contributed by atoms with van der Waals surface area (Å²) in [6, 6.07) is 10.4. The molecule has 1 nitrogen and oxygen atoms in total. The zero-order valence-corrected chi connectivity index (χ0v) is 9.99. The van der Waals surface area contributed by atoms with Crippen molar-refractivity contribution in [3.63, 3.8) is 0 Å². The molecule has 0 spiro atoms. The molecule has 0 bridgehead atoms. The van der Waals surface area contributed by atoms with Crippen molar-refractivity contribution < 1.29 is 4.74 Å². The molecule has 16 heavy (non-hydrogen) atoms. The standard InChI is InChI=1S/C15H20O/c1-4-15(16-12-13(2)3)11-10-14-8-6-5-7-9-14/h4-9,15H,1-2,10-12H2,3H3. The maximum atomic E-state index is 5.66. The molecular formula is C15H20O. The van der Waals surface area contributed by atoms with Gasteiger partial charge >= 0.3 is 0 Å². The third-order valence-corrected chi connectivity index (χ3v) is 2.37. The van der Waals surface area contributed by atoms with Crippen molar-refractivity contribution in [2.24, 2.45) is 0 Å². The summed E-state index contributed by atoms with van der Waals surface area (Å²) in [6.45, 7) is 10.2. The van der Waals surface area contributed by atoms with Gasteiger partial charge in [-0.1, -0.05) is 48.6 Å². The zero-order chi connectivity index (χ0) is 11.8. The minimum Gasteiger partial charge on any atom is -0.370 e. The zero-order valence-electron chi connectivity index (χ0n) is 9.99. The fourth-order valence-electron chi connectivity index (χ4n) is 1.47. The second kappa shape index (κ2) is 7.02. The summed E-state index contributed by atoms with van der Waals surface area (Å²) in [7, 11) is 0. The smallest absolute Gasteiger partial charge is 0.0760 e. The van der Waals surface area contributed by atoms with Gasteiger partial charge in [0.2, 0.25) is 0 Å². The monoisotopic (exact) mass is 216 g/mol. The molecule has 1 aromatic carbocycles. The van der Waals surface area contributed by atoms with Crippen LogP contribution in [0.1, 0.15) is 18.9 Å². The lowest BCUT2D eigenvalue weighted by atomic mass is 10.1. The van der Waals surface area contributed by atoms with Crippen LogP contribution in [-0.2, 0) is 11.2 Å². The summed E-state index contributed by atoms with van der Waals surface area (Å²) in [6.07, 6.45) is 3.98. The van der Waals surface area contributed by atoms with Gasteiger partial charge in [0.05, 0.1) is 12.7 Å². The van der Waals surface area contributed by atoms with Gasteiger partial charge in [-0.25, -0.2) is 0 Å². The van der Waals surface area contributed by atoms with Crippen molar-refractivity contribution in [3.8, 4) is 0 Å². The lowest BCUT2D eigenvalue weighted by Crippen LogP contribution is -2.12. The van der Waals surface area contributed by atoms with Crippen molar-refractivity contribution in [2.45, 2.75) is 25.9 Å². The number of aryl methyl sites for hydroxylation is 1. The number of rotatable bonds is 7. The largest absolute Gasteiger partial charge is 0.370 e. The molecule has 0 aliphatic heterocycles. The van der Waals surface area contributed by atoms with E-state index in [0.717, 1.165) is 18.4 Å². The number of hydrogen-bond acceptors (Lipinski definition) is 1. The van der Waals surface area contributed by atoms with Crippen LogP contribution in [0.3, 0.4) is 0 Å². The van der Waals surface area contributed by atoms with Gasteiger partial charge in [0.25, 0.3) is 0 Å². The fourth-order valence-corrected chi connectivity index (χ4v) is 1.47. The second-order valence-corrected chi connectivity index (χ2v) is 4.07. The molecule has 0 aliphatic carbocycles. The van der Waals surface area contributed by atoms with Gasteiger partial charge in [-0.05, 0) is 25.3 Å². The molecule has 0 heterocycles. The Labute approximate surface area is 98.5 Å². The molecule has 0 saturated carbocycles. The highest BCUT2D eigenvalue weighted by Gasteiger charge is 2.04.